The van der Waals surface area contributed by atoms with Crippen LogP contribution in [0.2, 0.25) is 0 Å². The van der Waals surface area contributed by atoms with Crippen molar-refractivity contribution in [2.24, 2.45) is 0 Å². The third-order valence-corrected chi connectivity index (χ3v) is 5.73. The monoisotopic (exact) mass is 356 g/mol. The quantitative estimate of drug-likeness (QED) is 0.839. The van der Waals surface area contributed by atoms with Crippen LogP contribution < -0.4 is 0 Å². The zero-order valence-corrected chi connectivity index (χ0v) is 13.3. The molecule has 2 heterocycles. The maximum atomic E-state index is 13.8. The third-order valence-electron chi connectivity index (χ3n) is 3.77. The molecule has 1 aliphatic heterocycles. The number of benzene rings is 1. The molecule has 9 heteroatoms. The summed E-state index contributed by atoms with van der Waals surface area (Å²) < 4.78 is 58.4. The van der Waals surface area contributed by atoms with E-state index in [0.717, 1.165) is 22.5 Å². The Morgan fingerprint density at radius 3 is 2.17 bits per heavy atom. The fourth-order valence-electron chi connectivity index (χ4n) is 2.55. The molecule has 3 rings (SSSR count). The van der Waals surface area contributed by atoms with E-state index in [0.29, 0.717) is 0 Å². The third kappa shape index (κ3) is 2.92. The number of piperazine rings is 1. The lowest BCUT2D eigenvalue weighted by Crippen LogP contribution is -2.50. The predicted molar refractivity (Wildman–Crippen MR) is 79.7 cm³/mol. The zero-order chi connectivity index (χ0) is 17.3. The van der Waals surface area contributed by atoms with Crippen LogP contribution in [-0.2, 0) is 10.0 Å². The highest BCUT2D eigenvalue weighted by atomic mass is 32.2. The molecule has 1 aliphatic rings. The Kier molecular flexibility index (Phi) is 4.37. The number of rotatable bonds is 3. The molecule has 1 fully saturated rings. The molecule has 0 spiro atoms. The standard InChI is InChI=1S/C15H14F2N2O4S/c16-11-3-1-4-12(17)14(11)24(21,22)19-8-6-18(7-9-19)15(20)13-5-2-10-23-13/h1-5,10H,6-9H2. The average Bonchev–Trinajstić information content (AvgIpc) is 3.08. The average molecular weight is 356 g/mol. The van der Waals surface area contributed by atoms with Gasteiger partial charge in [0.2, 0.25) is 10.0 Å². The number of furan rings is 1. The van der Waals surface area contributed by atoms with E-state index in [9.17, 15) is 22.0 Å². The topological polar surface area (TPSA) is 70.8 Å². The van der Waals surface area contributed by atoms with Crippen LogP contribution >= 0.6 is 0 Å². The minimum atomic E-state index is -4.30. The predicted octanol–water partition coefficient (Wildman–Crippen LogP) is 1.70. The molecular weight excluding hydrogens is 342 g/mol. The summed E-state index contributed by atoms with van der Waals surface area (Å²) in [6, 6.07) is 5.98. The van der Waals surface area contributed by atoms with Crippen molar-refractivity contribution in [1.82, 2.24) is 9.21 Å². The second kappa shape index (κ2) is 6.33. The lowest BCUT2D eigenvalue weighted by Gasteiger charge is -2.33. The van der Waals surface area contributed by atoms with E-state index in [1.54, 1.807) is 6.07 Å². The maximum Gasteiger partial charge on any atom is 0.289 e. The van der Waals surface area contributed by atoms with Crippen LogP contribution in [0, 0.1) is 11.6 Å². The van der Waals surface area contributed by atoms with Gasteiger partial charge in [0.1, 0.15) is 11.6 Å². The van der Waals surface area contributed by atoms with Crippen molar-refractivity contribution in [3.05, 3.63) is 54.0 Å². The molecule has 1 saturated heterocycles. The molecule has 0 bridgehead atoms. The Hall–Kier alpha value is -2.26. The lowest BCUT2D eigenvalue weighted by atomic mass is 10.3. The summed E-state index contributed by atoms with van der Waals surface area (Å²) in [7, 11) is -4.30. The molecule has 0 unspecified atom stereocenters. The fraction of sp³-hybridized carbons (Fsp3) is 0.267. The lowest BCUT2D eigenvalue weighted by molar-refractivity contribution is 0.0665. The van der Waals surface area contributed by atoms with Gasteiger partial charge in [-0.1, -0.05) is 6.07 Å². The SMILES string of the molecule is O=C(c1ccco1)N1CCN(S(=O)(=O)c2c(F)cccc2F)CC1. The molecule has 0 saturated carbocycles. The molecule has 1 aromatic carbocycles. The minimum Gasteiger partial charge on any atom is -0.459 e. The number of hydrogen-bond donors (Lipinski definition) is 0. The number of hydrogen-bond acceptors (Lipinski definition) is 4. The normalized spacial score (nSPS) is 16.3. The van der Waals surface area contributed by atoms with Crippen LogP contribution in [0.1, 0.15) is 10.6 Å². The van der Waals surface area contributed by atoms with Crippen molar-refractivity contribution in [1.29, 1.82) is 0 Å². The fourth-order valence-corrected chi connectivity index (χ4v) is 4.08. The summed E-state index contributed by atoms with van der Waals surface area (Å²) in [6.07, 6.45) is 1.37. The van der Waals surface area contributed by atoms with E-state index in [-0.39, 0.29) is 37.8 Å². The highest BCUT2D eigenvalue weighted by Gasteiger charge is 2.34. The Morgan fingerprint density at radius 2 is 1.62 bits per heavy atom. The van der Waals surface area contributed by atoms with Crippen molar-refractivity contribution >= 4 is 15.9 Å². The van der Waals surface area contributed by atoms with Crippen LogP contribution in [0.15, 0.2) is 45.9 Å². The van der Waals surface area contributed by atoms with Crippen molar-refractivity contribution < 1.29 is 26.4 Å². The van der Waals surface area contributed by atoms with Crippen LogP contribution in [-0.4, -0.2) is 49.7 Å². The Labute approximate surface area is 137 Å². The minimum absolute atomic E-state index is 0.0530. The van der Waals surface area contributed by atoms with Gasteiger partial charge in [-0.15, -0.1) is 0 Å². The molecule has 0 aliphatic carbocycles. The van der Waals surface area contributed by atoms with Crippen LogP contribution in [0.4, 0.5) is 8.78 Å². The van der Waals surface area contributed by atoms with Gasteiger partial charge in [0.05, 0.1) is 6.26 Å². The Morgan fingerprint density at radius 1 is 1.00 bits per heavy atom. The number of carbonyl (C=O) groups excluding carboxylic acids is 1. The van der Waals surface area contributed by atoms with Gasteiger partial charge in [0.15, 0.2) is 10.7 Å². The molecule has 128 valence electrons. The molecule has 2 aromatic rings. The summed E-state index contributed by atoms with van der Waals surface area (Å²) in [5.74, 6) is -2.46. The van der Waals surface area contributed by atoms with Crippen LogP contribution in [0.3, 0.4) is 0 Å². The van der Waals surface area contributed by atoms with Gasteiger partial charge in [-0.3, -0.25) is 4.79 Å². The molecule has 0 N–H and O–H groups in total. The second-order valence-electron chi connectivity index (χ2n) is 5.22. The smallest absolute Gasteiger partial charge is 0.289 e. The van der Waals surface area contributed by atoms with Gasteiger partial charge in [-0.05, 0) is 24.3 Å². The number of nitrogens with zero attached hydrogens (tertiary/aromatic N) is 2. The van der Waals surface area contributed by atoms with Crippen LogP contribution in [0.5, 0.6) is 0 Å². The molecule has 6 nitrogen and oxygen atoms in total. The van der Waals surface area contributed by atoms with Crippen molar-refractivity contribution in [2.45, 2.75) is 4.90 Å². The van der Waals surface area contributed by atoms with Crippen molar-refractivity contribution in [3.63, 3.8) is 0 Å². The maximum absolute atomic E-state index is 13.8. The van der Waals surface area contributed by atoms with Crippen molar-refractivity contribution in [3.8, 4) is 0 Å². The Balaban J connectivity index is 1.76. The van der Waals surface area contributed by atoms with E-state index in [4.69, 9.17) is 4.42 Å². The second-order valence-corrected chi connectivity index (χ2v) is 7.10. The summed E-state index contributed by atoms with van der Waals surface area (Å²) >= 11 is 0. The summed E-state index contributed by atoms with van der Waals surface area (Å²) in [5.41, 5.74) is 0. The zero-order valence-electron chi connectivity index (χ0n) is 12.5. The highest BCUT2D eigenvalue weighted by molar-refractivity contribution is 7.89. The van der Waals surface area contributed by atoms with Gasteiger partial charge < -0.3 is 9.32 Å². The first-order chi connectivity index (χ1) is 11.4. The number of halogens is 2. The molecule has 1 amide bonds. The van der Waals surface area contributed by atoms with Gasteiger partial charge in [-0.2, -0.15) is 4.31 Å². The molecule has 0 radical (unpaired) electrons. The summed E-state index contributed by atoms with van der Waals surface area (Å²) in [4.78, 5) is 12.6. The Bertz CT molecular complexity index is 824. The first kappa shape index (κ1) is 16.6. The largest absolute Gasteiger partial charge is 0.459 e. The molecule has 24 heavy (non-hydrogen) atoms. The van der Waals surface area contributed by atoms with E-state index in [1.165, 1.54) is 17.2 Å². The van der Waals surface area contributed by atoms with Crippen molar-refractivity contribution in [2.75, 3.05) is 26.2 Å². The summed E-state index contributed by atoms with van der Waals surface area (Å²) in [6.45, 7) is 0.106. The van der Waals surface area contributed by atoms with E-state index >= 15 is 0 Å². The van der Waals surface area contributed by atoms with E-state index in [1.807, 2.05) is 0 Å². The number of amides is 1. The first-order valence-corrected chi connectivity index (χ1v) is 8.62. The van der Waals surface area contributed by atoms with E-state index in [2.05, 4.69) is 0 Å². The highest BCUT2D eigenvalue weighted by Crippen LogP contribution is 2.23. The van der Waals surface area contributed by atoms with E-state index < -0.39 is 26.6 Å². The number of carbonyl (C=O) groups is 1. The van der Waals surface area contributed by atoms with Gasteiger partial charge in [-0.25, -0.2) is 17.2 Å². The molecule has 0 atom stereocenters. The first-order valence-electron chi connectivity index (χ1n) is 7.18. The summed E-state index contributed by atoms with van der Waals surface area (Å²) in [5, 5.41) is 0. The molecular formula is C15H14F2N2O4S. The molecule has 1 aromatic heterocycles. The van der Waals surface area contributed by atoms with Gasteiger partial charge >= 0.3 is 0 Å². The van der Waals surface area contributed by atoms with Gasteiger partial charge in [0, 0.05) is 26.2 Å². The van der Waals surface area contributed by atoms with Crippen LogP contribution in [0.25, 0.3) is 0 Å². The van der Waals surface area contributed by atoms with Gasteiger partial charge in [0.25, 0.3) is 5.91 Å². The number of sulfonamides is 1.